The molecule has 7 rings (SSSR count). The molecular formula is C30H39N3O5. The van der Waals surface area contributed by atoms with Gasteiger partial charge < -0.3 is 25.5 Å². The summed E-state index contributed by atoms with van der Waals surface area (Å²) in [6, 6.07) is 7.41. The number of aliphatic carboxylic acids is 1. The fraction of sp³-hybridized carbons (Fsp3) is 0.633. The van der Waals surface area contributed by atoms with Crippen molar-refractivity contribution in [2.24, 2.45) is 29.6 Å². The van der Waals surface area contributed by atoms with Crippen molar-refractivity contribution in [2.75, 3.05) is 0 Å². The molecule has 1 heterocycles. The molecule has 38 heavy (non-hydrogen) atoms. The zero-order valence-corrected chi connectivity index (χ0v) is 22.1. The predicted molar refractivity (Wildman–Crippen MR) is 142 cm³/mol. The monoisotopic (exact) mass is 521 g/mol. The lowest BCUT2D eigenvalue weighted by atomic mass is 9.55. The summed E-state index contributed by atoms with van der Waals surface area (Å²) in [5.74, 6) is 0.510. The molecule has 8 nitrogen and oxygen atoms in total. The lowest BCUT2D eigenvalue weighted by molar-refractivity contribution is -0.144. The predicted octanol–water partition coefficient (Wildman–Crippen LogP) is 4.78. The standard InChI is InChI=1S/C30H39N3O5/c1-30(15-21-16-31-24-8-4-2-6-22(21)24,28(36)32-25-9-5-3-7-23(25)27(34)35)33-29(37)38-26-19-11-17-10-18(13-19)14-20(26)12-17/h2,4,6,8,16-20,23,25-26,31H,3,5,7,9-15H2,1H3,(H,32,36)(H,33,37)(H,34,35)/t17?,18?,19?,20?,23?,25?,26?,30-/m1/s1. The first-order valence-electron chi connectivity index (χ1n) is 14.4. The Morgan fingerprint density at radius 2 is 1.71 bits per heavy atom. The molecule has 5 aliphatic carbocycles. The molecule has 5 saturated carbocycles. The van der Waals surface area contributed by atoms with E-state index in [0.29, 0.717) is 24.7 Å². The SMILES string of the molecule is C[C@](Cc1c[nH]c2ccccc12)(NC(=O)OC1C2CC3CC(C2)CC1C3)C(=O)NC1CCCCC1C(=O)O. The first kappa shape index (κ1) is 25.3. The second-order valence-electron chi connectivity index (χ2n) is 12.6. The number of H-pyrrole nitrogens is 1. The van der Waals surface area contributed by atoms with Crippen LogP contribution in [0.15, 0.2) is 30.5 Å². The molecule has 0 radical (unpaired) electrons. The van der Waals surface area contributed by atoms with E-state index in [0.717, 1.165) is 66.8 Å². The van der Waals surface area contributed by atoms with E-state index < -0.39 is 29.6 Å². The summed E-state index contributed by atoms with van der Waals surface area (Å²) in [7, 11) is 0. The van der Waals surface area contributed by atoms with Gasteiger partial charge in [0.15, 0.2) is 0 Å². The second-order valence-corrected chi connectivity index (χ2v) is 12.6. The lowest BCUT2D eigenvalue weighted by Crippen LogP contribution is -2.62. The summed E-state index contributed by atoms with van der Waals surface area (Å²) in [6.45, 7) is 1.72. The van der Waals surface area contributed by atoms with Gasteiger partial charge in [-0.3, -0.25) is 9.59 Å². The van der Waals surface area contributed by atoms with E-state index in [9.17, 15) is 19.5 Å². The van der Waals surface area contributed by atoms with Crippen molar-refractivity contribution in [1.82, 2.24) is 15.6 Å². The van der Waals surface area contributed by atoms with E-state index in [-0.39, 0.29) is 18.4 Å². The minimum atomic E-state index is -1.31. The molecule has 0 spiro atoms. The van der Waals surface area contributed by atoms with E-state index >= 15 is 0 Å². The molecule has 8 heteroatoms. The van der Waals surface area contributed by atoms with Crippen molar-refractivity contribution >= 4 is 28.9 Å². The van der Waals surface area contributed by atoms with Gasteiger partial charge in [-0.1, -0.05) is 31.0 Å². The van der Waals surface area contributed by atoms with Gasteiger partial charge in [-0.15, -0.1) is 0 Å². The normalized spacial score (nSPS) is 33.4. The van der Waals surface area contributed by atoms with Crippen LogP contribution in [0.25, 0.3) is 10.9 Å². The molecule has 5 aliphatic rings. The number of fused-ring (bicyclic) bond motifs is 1. The maximum atomic E-state index is 13.9. The van der Waals surface area contributed by atoms with E-state index in [2.05, 4.69) is 15.6 Å². The molecule has 4 N–H and O–H groups in total. The van der Waals surface area contributed by atoms with Crippen molar-refractivity contribution in [3.63, 3.8) is 0 Å². The number of ether oxygens (including phenoxy) is 1. The molecule has 2 unspecified atom stereocenters. The van der Waals surface area contributed by atoms with Gasteiger partial charge in [-0.05, 0) is 87.2 Å². The number of hydrogen-bond donors (Lipinski definition) is 4. The third-order valence-electron chi connectivity index (χ3n) is 9.88. The van der Waals surface area contributed by atoms with Crippen LogP contribution < -0.4 is 10.6 Å². The van der Waals surface area contributed by atoms with Crippen LogP contribution >= 0.6 is 0 Å². The molecule has 0 saturated heterocycles. The Morgan fingerprint density at radius 3 is 2.42 bits per heavy atom. The van der Waals surface area contributed by atoms with Crippen molar-refractivity contribution in [2.45, 2.75) is 88.8 Å². The van der Waals surface area contributed by atoms with Gasteiger partial charge in [0.1, 0.15) is 11.6 Å². The van der Waals surface area contributed by atoms with E-state index in [4.69, 9.17) is 4.74 Å². The fourth-order valence-electron chi connectivity index (χ4n) is 8.21. The van der Waals surface area contributed by atoms with Crippen LogP contribution in [-0.2, 0) is 20.7 Å². The number of carboxylic acids is 1. The summed E-state index contributed by atoms with van der Waals surface area (Å²) in [4.78, 5) is 42.4. The van der Waals surface area contributed by atoms with Gasteiger partial charge in [-0.25, -0.2) is 4.79 Å². The number of carbonyl (C=O) groups is 3. The third-order valence-corrected chi connectivity index (χ3v) is 9.88. The summed E-state index contributed by atoms with van der Waals surface area (Å²) in [5, 5.41) is 16.7. The zero-order valence-electron chi connectivity index (χ0n) is 22.1. The van der Waals surface area contributed by atoms with Crippen molar-refractivity contribution in [1.29, 1.82) is 0 Å². The van der Waals surface area contributed by atoms with E-state index in [1.807, 2.05) is 30.5 Å². The smallest absolute Gasteiger partial charge is 0.408 e. The highest BCUT2D eigenvalue weighted by atomic mass is 16.6. The highest BCUT2D eigenvalue weighted by molar-refractivity contribution is 5.92. The highest BCUT2D eigenvalue weighted by Gasteiger charge is 2.50. The Hall–Kier alpha value is -3.03. The van der Waals surface area contributed by atoms with E-state index in [1.54, 1.807) is 6.92 Å². The zero-order chi connectivity index (χ0) is 26.4. The van der Waals surface area contributed by atoms with Crippen molar-refractivity contribution in [3.8, 4) is 0 Å². The van der Waals surface area contributed by atoms with Crippen LogP contribution in [0, 0.1) is 29.6 Å². The third kappa shape index (κ3) is 4.78. The first-order chi connectivity index (χ1) is 18.3. The number of carbonyl (C=O) groups excluding carboxylic acids is 2. The number of benzene rings is 1. The number of carboxylic acid groups (broad SMARTS) is 1. The number of rotatable bonds is 7. The second kappa shape index (κ2) is 9.93. The number of hydrogen-bond acceptors (Lipinski definition) is 4. The summed E-state index contributed by atoms with van der Waals surface area (Å²) < 4.78 is 6.10. The van der Waals surface area contributed by atoms with Gasteiger partial charge in [0, 0.05) is 29.6 Å². The molecule has 2 amide bonds. The van der Waals surface area contributed by atoms with Crippen LogP contribution in [0.2, 0.25) is 0 Å². The van der Waals surface area contributed by atoms with Crippen LogP contribution in [0.4, 0.5) is 4.79 Å². The molecule has 2 aromatic rings. The maximum absolute atomic E-state index is 13.9. The van der Waals surface area contributed by atoms with Crippen LogP contribution in [0.3, 0.4) is 0 Å². The summed E-state index contributed by atoms with van der Waals surface area (Å²) in [6.07, 6.45) is 10.2. The molecule has 4 bridgehead atoms. The summed E-state index contributed by atoms with van der Waals surface area (Å²) >= 11 is 0. The van der Waals surface area contributed by atoms with Gasteiger partial charge in [0.05, 0.1) is 5.92 Å². The Kier molecular flexibility index (Phi) is 6.60. The molecule has 0 aliphatic heterocycles. The minimum absolute atomic E-state index is 0.0852. The average molecular weight is 522 g/mol. The Balaban J connectivity index is 1.22. The van der Waals surface area contributed by atoms with Crippen molar-refractivity contribution in [3.05, 3.63) is 36.0 Å². The fourth-order valence-corrected chi connectivity index (χ4v) is 8.21. The van der Waals surface area contributed by atoms with Gasteiger partial charge >= 0.3 is 12.1 Å². The maximum Gasteiger partial charge on any atom is 0.408 e. The number of amides is 2. The van der Waals surface area contributed by atoms with Gasteiger partial charge in [0.2, 0.25) is 5.91 Å². The number of para-hydroxylation sites is 1. The topological polar surface area (TPSA) is 121 Å². The Bertz CT molecular complexity index is 1200. The lowest BCUT2D eigenvalue weighted by Gasteiger charge is -2.53. The average Bonchev–Trinajstić information content (AvgIpc) is 3.28. The highest BCUT2D eigenvalue weighted by Crippen LogP contribution is 2.54. The Morgan fingerprint density at radius 1 is 1.03 bits per heavy atom. The van der Waals surface area contributed by atoms with Crippen molar-refractivity contribution < 1.29 is 24.2 Å². The number of aromatic nitrogens is 1. The van der Waals surface area contributed by atoms with Gasteiger partial charge in [0.25, 0.3) is 0 Å². The van der Waals surface area contributed by atoms with Crippen LogP contribution in [-0.4, -0.2) is 45.7 Å². The Labute approximate surface area is 223 Å². The van der Waals surface area contributed by atoms with Crippen LogP contribution in [0.5, 0.6) is 0 Å². The first-order valence-corrected chi connectivity index (χ1v) is 14.4. The summed E-state index contributed by atoms with van der Waals surface area (Å²) in [5.41, 5.74) is 0.556. The molecule has 3 atom stereocenters. The number of nitrogens with one attached hydrogen (secondary N) is 3. The quantitative estimate of drug-likeness (QED) is 0.418. The number of aromatic amines is 1. The number of alkyl carbamates (subject to hydrolysis) is 1. The molecule has 1 aromatic carbocycles. The molecular weight excluding hydrogens is 482 g/mol. The minimum Gasteiger partial charge on any atom is -0.481 e. The van der Waals surface area contributed by atoms with E-state index in [1.165, 1.54) is 6.42 Å². The van der Waals surface area contributed by atoms with Crippen LogP contribution in [0.1, 0.15) is 70.3 Å². The van der Waals surface area contributed by atoms with Gasteiger partial charge in [-0.2, -0.15) is 0 Å². The molecule has 204 valence electrons. The molecule has 5 fully saturated rings. The largest absolute Gasteiger partial charge is 0.481 e. The molecule has 1 aromatic heterocycles.